The van der Waals surface area contributed by atoms with Gasteiger partial charge in [-0.2, -0.15) is 0 Å². The molecule has 0 amide bonds. The van der Waals surface area contributed by atoms with Gasteiger partial charge in [0.05, 0.1) is 33.0 Å². The maximum absolute atomic E-state index is 4.72. The molecule has 0 aliphatic heterocycles. The summed E-state index contributed by atoms with van der Waals surface area (Å²) in [6, 6.07) is 75.6. The first-order chi connectivity index (χ1) is 28.3. The second kappa shape index (κ2) is 12.3. The van der Waals surface area contributed by atoms with Gasteiger partial charge in [-0.05, 0) is 105 Å². The van der Waals surface area contributed by atoms with Crippen LogP contribution >= 0.6 is 0 Å². The minimum absolute atomic E-state index is 0.443. The number of fused-ring (bicyclic) bond motifs is 9. The highest BCUT2D eigenvalue weighted by molar-refractivity contribution is 6.12. The number of nitrogens with zero attached hydrogens (tertiary/aromatic N) is 3. The van der Waals surface area contributed by atoms with Crippen LogP contribution in [0.15, 0.2) is 212 Å². The summed E-state index contributed by atoms with van der Waals surface area (Å²) >= 11 is 0. The van der Waals surface area contributed by atoms with Gasteiger partial charge in [0.2, 0.25) is 0 Å². The third-order valence-corrected chi connectivity index (χ3v) is 12.3. The zero-order valence-electron chi connectivity index (χ0n) is 31.0. The lowest BCUT2D eigenvalue weighted by Crippen LogP contribution is -2.28. The molecule has 0 bridgehead atoms. The average molecular weight is 726 g/mol. The molecule has 3 aromatic heterocycles. The fourth-order valence-electron chi connectivity index (χ4n) is 9.85. The summed E-state index contributed by atoms with van der Waals surface area (Å²) in [5.41, 5.74) is 17.7. The number of hydrogen-bond acceptors (Lipinski definition) is 1. The van der Waals surface area contributed by atoms with Gasteiger partial charge in [0.1, 0.15) is 0 Å². The molecule has 3 nitrogen and oxygen atoms in total. The summed E-state index contributed by atoms with van der Waals surface area (Å²) in [7, 11) is 0. The fourth-order valence-corrected chi connectivity index (χ4v) is 9.85. The molecule has 12 rings (SSSR count). The maximum atomic E-state index is 4.72. The lowest BCUT2D eigenvalue weighted by Gasteiger charge is -2.33. The largest absolute Gasteiger partial charge is 0.309 e. The van der Waals surface area contributed by atoms with E-state index in [1.807, 2.05) is 12.3 Å². The zero-order chi connectivity index (χ0) is 37.5. The summed E-state index contributed by atoms with van der Waals surface area (Å²) in [6.07, 6.45) is 1.87. The van der Waals surface area contributed by atoms with Gasteiger partial charge in [-0.15, -0.1) is 0 Å². The third kappa shape index (κ3) is 4.51. The third-order valence-electron chi connectivity index (χ3n) is 12.3. The number of pyridine rings is 1. The lowest BCUT2D eigenvalue weighted by atomic mass is 9.67. The highest BCUT2D eigenvalue weighted by Gasteiger charge is 2.46. The molecule has 0 fully saturated rings. The molecule has 0 saturated heterocycles. The summed E-state index contributed by atoms with van der Waals surface area (Å²) in [5.74, 6) is 0. The van der Waals surface area contributed by atoms with E-state index in [0.29, 0.717) is 0 Å². The van der Waals surface area contributed by atoms with Crippen LogP contribution in [-0.2, 0) is 5.41 Å². The predicted molar refractivity (Wildman–Crippen MR) is 236 cm³/mol. The van der Waals surface area contributed by atoms with E-state index >= 15 is 0 Å². The Hall–Kier alpha value is -7.49. The van der Waals surface area contributed by atoms with Crippen molar-refractivity contribution in [1.29, 1.82) is 0 Å². The van der Waals surface area contributed by atoms with E-state index in [1.165, 1.54) is 71.7 Å². The van der Waals surface area contributed by atoms with Crippen LogP contribution in [0.2, 0.25) is 0 Å². The van der Waals surface area contributed by atoms with Gasteiger partial charge in [0.25, 0.3) is 0 Å². The Labute approximate surface area is 330 Å². The van der Waals surface area contributed by atoms with Crippen molar-refractivity contribution in [3.8, 4) is 33.6 Å². The molecule has 0 spiro atoms. The number of para-hydroxylation sites is 2. The molecule has 3 heterocycles. The van der Waals surface area contributed by atoms with Gasteiger partial charge in [-0.25, -0.2) is 0 Å². The molecule has 8 aromatic carbocycles. The van der Waals surface area contributed by atoms with Crippen molar-refractivity contribution < 1.29 is 0 Å². The van der Waals surface area contributed by atoms with Crippen LogP contribution in [0.3, 0.4) is 0 Å². The number of benzene rings is 8. The Morgan fingerprint density at radius 2 is 0.877 bits per heavy atom. The first kappa shape index (κ1) is 31.8. The molecule has 0 unspecified atom stereocenters. The zero-order valence-corrected chi connectivity index (χ0v) is 31.0. The van der Waals surface area contributed by atoms with Gasteiger partial charge in [0, 0.05) is 33.7 Å². The van der Waals surface area contributed by atoms with Gasteiger partial charge in [-0.1, -0.05) is 146 Å². The lowest BCUT2D eigenvalue weighted by molar-refractivity contribution is 0.769. The van der Waals surface area contributed by atoms with Crippen LogP contribution in [0.1, 0.15) is 22.3 Å². The molecule has 266 valence electrons. The van der Waals surface area contributed by atoms with Crippen LogP contribution in [-0.4, -0.2) is 14.1 Å². The van der Waals surface area contributed by atoms with Crippen molar-refractivity contribution in [2.75, 3.05) is 0 Å². The fraction of sp³-hybridized carbons (Fsp3) is 0.0185. The second-order valence-corrected chi connectivity index (χ2v) is 15.1. The van der Waals surface area contributed by atoms with Crippen LogP contribution in [0.4, 0.5) is 0 Å². The first-order valence-electron chi connectivity index (χ1n) is 19.6. The Balaban J connectivity index is 1.00. The summed E-state index contributed by atoms with van der Waals surface area (Å²) in [6.45, 7) is 0. The van der Waals surface area contributed by atoms with Gasteiger partial charge >= 0.3 is 0 Å². The van der Waals surface area contributed by atoms with Crippen molar-refractivity contribution >= 4 is 43.7 Å². The van der Waals surface area contributed by atoms with E-state index in [1.54, 1.807) is 0 Å². The van der Waals surface area contributed by atoms with Gasteiger partial charge in [-0.3, -0.25) is 4.98 Å². The SMILES string of the molecule is c1ccc(C2(c3ccccc3)c3ccccc3-c3cc4c(cc32)c2ccccc2n4-c2ccc(-c3ccc(-n4c5ccccc5c5ncccc54)cc3)cc2)cc1. The molecule has 1 aliphatic rings. The molecule has 1 aliphatic carbocycles. The second-order valence-electron chi connectivity index (χ2n) is 15.1. The summed E-state index contributed by atoms with van der Waals surface area (Å²) in [4.78, 5) is 4.72. The van der Waals surface area contributed by atoms with Crippen molar-refractivity contribution in [2.45, 2.75) is 5.41 Å². The van der Waals surface area contributed by atoms with Crippen molar-refractivity contribution in [1.82, 2.24) is 14.1 Å². The average Bonchev–Trinajstić information content (AvgIpc) is 3.90. The van der Waals surface area contributed by atoms with Crippen molar-refractivity contribution in [2.24, 2.45) is 0 Å². The van der Waals surface area contributed by atoms with Crippen LogP contribution < -0.4 is 0 Å². The highest BCUT2D eigenvalue weighted by atomic mass is 15.0. The summed E-state index contributed by atoms with van der Waals surface area (Å²) < 4.78 is 4.76. The minimum Gasteiger partial charge on any atom is -0.309 e. The Morgan fingerprint density at radius 3 is 1.54 bits per heavy atom. The Kier molecular flexibility index (Phi) is 6.84. The predicted octanol–water partition coefficient (Wildman–Crippen LogP) is 13.3. The van der Waals surface area contributed by atoms with Crippen LogP contribution in [0.25, 0.3) is 77.4 Å². The normalized spacial score (nSPS) is 13.1. The van der Waals surface area contributed by atoms with Crippen molar-refractivity contribution in [3.63, 3.8) is 0 Å². The molecule has 0 N–H and O–H groups in total. The monoisotopic (exact) mass is 725 g/mol. The number of rotatable bonds is 5. The van der Waals surface area contributed by atoms with E-state index in [2.05, 4.69) is 209 Å². The standard InChI is InChI=1S/C54H35N3/c1-3-14-38(15-4-1)54(39-16-5-2-6-17-39)47-21-10-7-18-42(47)45-35-52-46(34-48(45)54)43-19-8-11-22-49(43)57(52)41-31-27-37(28-32-41)36-25-29-40(30-26-36)56-50-23-12-9-20-44(50)53-51(56)24-13-33-55-53/h1-35H. The van der Waals surface area contributed by atoms with E-state index < -0.39 is 5.41 Å². The molecule has 0 atom stereocenters. The molecule has 11 aromatic rings. The smallest absolute Gasteiger partial charge is 0.0963 e. The van der Waals surface area contributed by atoms with E-state index in [9.17, 15) is 0 Å². The first-order valence-corrected chi connectivity index (χ1v) is 19.6. The molecular formula is C54H35N3. The van der Waals surface area contributed by atoms with Crippen molar-refractivity contribution in [3.05, 3.63) is 235 Å². The minimum atomic E-state index is -0.443. The topological polar surface area (TPSA) is 22.8 Å². The van der Waals surface area contributed by atoms with Crippen LogP contribution in [0, 0.1) is 0 Å². The number of hydrogen-bond donors (Lipinski definition) is 0. The van der Waals surface area contributed by atoms with E-state index in [4.69, 9.17) is 4.98 Å². The molecule has 3 heteroatoms. The summed E-state index contributed by atoms with van der Waals surface area (Å²) in [5, 5.41) is 3.67. The molecular weight excluding hydrogens is 691 g/mol. The Morgan fingerprint density at radius 1 is 0.351 bits per heavy atom. The maximum Gasteiger partial charge on any atom is 0.0963 e. The van der Waals surface area contributed by atoms with Gasteiger partial charge in [0.15, 0.2) is 0 Å². The van der Waals surface area contributed by atoms with Gasteiger partial charge < -0.3 is 9.13 Å². The number of aromatic nitrogens is 3. The highest BCUT2D eigenvalue weighted by Crippen LogP contribution is 2.57. The molecule has 57 heavy (non-hydrogen) atoms. The molecule has 0 saturated carbocycles. The van der Waals surface area contributed by atoms with E-state index in [0.717, 1.165) is 27.9 Å². The quantitative estimate of drug-likeness (QED) is 0.173. The Bertz CT molecular complexity index is 3220. The van der Waals surface area contributed by atoms with E-state index in [-0.39, 0.29) is 0 Å². The van der Waals surface area contributed by atoms with Crippen LogP contribution in [0.5, 0.6) is 0 Å². The molecule has 0 radical (unpaired) electrons.